The highest BCUT2D eigenvalue weighted by atomic mass is 19.1. The molecular weight excluding hydrogens is 248 g/mol. The first kappa shape index (κ1) is 11.6. The van der Waals surface area contributed by atoms with Gasteiger partial charge in [-0.3, -0.25) is 0 Å². The molecule has 0 unspecified atom stereocenters. The Morgan fingerprint density at radius 2 is 1.89 bits per heavy atom. The molecule has 0 fully saturated rings. The van der Waals surface area contributed by atoms with Crippen molar-refractivity contribution in [1.82, 2.24) is 15.2 Å². The third kappa shape index (κ3) is 2.03. The van der Waals surface area contributed by atoms with Gasteiger partial charge in [-0.25, -0.2) is 13.8 Å². The number of pyridine rings is 1. The number of hydrogen-bond acceptors (Lipinski definition) is 3. The van der Waals surface area contributed by atoms with Crippen molar-refractivity contribution in [2.24, 2.45) is 0 Å². The van der Waals surface area contributed by atoms with Crippen molar-refractivity contribution in [3.63, 3.8) is 0 Å². The van der Waals surface area contributed by atoms with Crippen molar-refractivity contribution in [2.45, 2.75) is 6.92 Å². The zero-order chi connectivity index (χ0) is 13.4. The van der Waals surface area contributed by atoms with Crippen LogP contribution in [0.15, 0.2) is 36.7 Å². The summed E-state index contributed by atoms with van der Waals surface area (Å²) < 4.78 is 27.2. The predicted octanol–water partition coefficient (Wildman–Crippen LogP) is 3.28. The number of halogens is 2. The Morgan fingerprint density at radius 1 is 1.05 bits per heavy atom. The molecule has 2 aromatic heterocycles. The van der Waals surface area contributed by atoms with Crippen molar-refractivity contribution in [3.8, 4) is 11.1 Å². The fourth-order valence-corrected chi connectivity index (χ4v) is 2.07. The van der Waals surface area contributed by atoms with Gasteiger partial charge in [0.1, 0.15) is 11.3 Å². The van der Waals surface area contributed by atoms with E-state index in [1.165, 1.54) is 12.3 Å². The third-order valence-electron chi connectivity index (χ3n) is 2.85. The molecule has 0 atom stereocenters. The summed E-state index contributed by atoms with van der Waals surface area (Å²) in [6.07, 6.45) is 3.09. The van der Waals surface area contributed by atoms with Crippen molar-refractivity contribution in [1.29, 1.82) is 0 Å². The molecule has 0 amide bonds. The van der Waals surface area contributed by atoms with Crippen LogP contribution in [0.5, 0.6) is 0 Å². The lowest BCUT2D eigenvalue weighted by atomic mass is 10.0. The number of rotatable bonds is 1. The molecular formula is C14H9F2N3. The molecule has 0 N–H and O–H groups in total. The average Bonchev–Trinajstić information content (AvgIpc) is 2.40. The fraction of sp³-hybridized carbons (Fsp3) is 0.0714. The second-order valence-electron chi connectivity index (χ2n) is 4.23. The van der Waals surface area contributed by atoms with E-state index in [1.54, 1.807) is 25.3 Å². The lowest BCUT2D eigenvalue weighted by Crippen LogP contribution is -1.93. The predicted molar refractivity (Wildman–Crippen MR) is 67.4 cm³/mol. The van der Waals surface area contributed by atoms with Gasteiger partial charge in [0.25, 0.3) is 0 Å². The standard InChI is InChI=1S/C14H9F2N3/c1-8-4-11(9-2-3-17-18-7-9)12-5-10(15)6-13(16)14(12)19-8/h2-7H,1H3. The molecule has 0 saturated carbocycles. The van der Waals surface area contributed by atoms with E-state index in [4.69, 9.17) is 0 Å². The monoisotopic (exact) mass is 257 g/mol. The van der Waals surface area contributed by atoms with Gasteiger partial charge in [-0.15, -0.1) is 0 Å². The molecule has 3 rings (SSSR count). The normalized spacial score (nSPS) is 10.9. The molecule has 2 heterocycles. The molecule has 0 saturated heterocycles. The molecule has 19 heavy (non-hydrogen) atoms. The number of hydrogen-bond donors (Lipinski definition) is 0. The lowest BCUT2D eigenvalue weighted by Gasteiger charge is -2.08. The summed E-state index contributed by atoms with van der Waals surface area (Å²) in [5.74, 6) is -1.29. The summed E-state index contributed by atoms with van der Waals surface area (Å²) in [4.78, 5) is 4.12. The molecule has 0 radical (unpaired) electrons. The molecule has 1 aromatic carbocycles. The van der Waals surface area contributed by atoms with E-state index >= 15 is 0 Å². The fourth-order valence-electron chi connectivity index (χ4n) is 2.07. The summed E-state index contributed by atoms with van der Waals surface area (Å²) in [5.41, 5.74) is 2.25. The molecule has 0 bridgehead atoms. The topological polar surface area (TPSA) is 38.7 Å². The molecule has 94 valence electrons. The quantitative estimate of drug-likeness (QED) is 0.671. The maximum Gasteiger partial charge on any atom is 0.152 e. The summed E-state index contributed by atoms with van der Waals surface area (Å²) in [6, 6.07) is 5.63. The highest BCUT2D eigenvalue weighted by Gasteiger charge is 2.12. The molecule has 0 aliphatic carbocycles. The van der Waals surface area contributed by atoms with E-state index < -0.39 is 11.6 Å². The van der Waals surface area contributed by atoms with Crippen LogP contribution in [0.3, 0.4) is 0 Å². The van der Waals surface area contributed by atoms with Gasteiger partial charge in [-0.1, -0.05) is 0 Å². The lowest BCUT2D eigenvalue weighted by molar-refractivity contribution is 0.590. The molecule has 0 aliphatic rings. The molecule has 3 nitrogen and oxygen atoms in total. The van der Waals surface area contributed by atoms with Crippen LogP contribution in [0.1, 0.15) is 5.69 Å². The number of aromatic nitrogens is 3. The minimum absolute atomic E-state index is 0.160. The molecule has 3 aromatic rings. The van der Waals surface area contributed by atoms with Crippen LogP contribution in [-0.4, -0.2) is 15.2 Å². The van der Waals surface area contributed by atoms with Gasteiger partial charge in [0.05, 0.1) is 12.4 Å². The first-order chi connectivity index (χ1) is 9.15. The van der Waals surface area contributed by atoms with Gasteiger partial charge in [-0.05, 0) is 30.7 Å². The van der Waals surface area contributed by atoms with Crippen LogP contribution in [0.25, 0.3) is 22.0 Å². The second-order valence-corrected chi connectivity index (χ2v) is 4.23. The first-order valence-electron chi connectivity index (χ1n) is 5.68. The zero-order valence-electron chi connectivity index (χ0n) is 10.1. The number of benzene rings is 1. The van der Waals surface area contributed by atoms with Gasteiger partial charge in [0.15, 0.2) is 5.82 Å². The van der Waals surface area contributed by atoms with Crippen molar-refractivity contribution in [2.75, 3.05) is 0 Å². The van der Waals surface area contributed by atoms with E-state index in [0.717, 1.165) is 11.6 Å². The van der Waals surface area contributed by atoms with Crippen molar-refractivity contribution >= 4 is 10.9 Å². The Morgan fingerprint density at radius 3 is 2.63 bits per heavy atom. The van der Waals surface area contributed by atoms with Gasteiger partial charge >= 0.3 is 0 Å². The minimum atomic E-state index is -0.665. The third-order valence-corrected chi connectivity index (χ3v) is 2.85. The summed E-state index contributed by atoms with van der Waals surface area (Å²) in [6.45, 7) is 1.76. The van der Waals surface area contributed by atoms with Gasteiger partial charge in [0.2, 0.25) is 0 Å². The summed E-state index contributed by atoms with van der Waals surface area (Å²) in [5, 5.41) is 7.91. The Bertz CT molecular complexity index is 757. The van der Waals surface area contributed by atoms with Crippen LogP contribution in [0.2, 0.25) is 0 Å². The first-order valence-corrected chi connectivity index (χ1v) is 5.68. The van der Waals surface area contributed by atoms with Crippen LogP contribution in [0, 0.1) is 18.6 Å². The smallest absolute Gasteiger partial charge is 0.152 e. The Labute approximate surface area is 107 Å². The number of aryl methyl sites for hydroxylation is 1. The molecule has 0 spiro atoms. The summed E-state index contributed by atoms with van der Waals surface area (Å²) >= 11 is 0. The van der Waals surface area contributed by atoms with Gasteiger partial charge in [0, 0.05) is 22.7 Å². The average molecular weight is 257 g/mol. The van der Waals surface area contributed by atoms with Crippen LogP contribution in [-0.2, 0) is 0 Å². The maximum atomic E-state index is 13.8. The molecule has 5 heteroatoms. The second kappa shape index (κ2) is 4.35. The highest BCUT2D eigenvalue weighted by molar-refractivity contribution is 5.94. The Hall–Kier alpha value is -2.43. The van der Waals surface area contributed by atoms with E-state index in [-0.39, 0.29) is 5.52 Å². The Kier molecular flexibility index (Phi) is 2.67. The van der Waals surface area contributed by atoms with Crippen LogP contribution >= 0.6 is 0 Å². The van der Waals surface area contributed by atoms with Crippen molar-refractivity contribution in [3.05, 3.63) is 54.0 Å². The zero-order valence-corrected chi connectivity index (χ0v) is 10.1. The van der Waals surface area contributed by atoms with Gasteiger partial charge < -0.3 is 0 Å². The SMILES string of the molecule is Cc1cc(-c2ccnnc2)c2cc(F)cc(F)c2n1. The maximum absolute atomic E-state index is 13.8. The largest absolute Gasteiger partial charge is 0.250 e. The number of fused-ring (bicyclic) bond motifs is 1. The Balaban J connectivity index is 2.42. The van der Waals surface area contributed by atoms with Crippen molar-refractivity contribution < 1.29 is 8.78 Å². The molecule has 0 aliphatic heterocycles. The minimum Gasteiger partial charge on any atom is -0.250 e. The number of nitrogens with zero attached hydrogens (tertiary/aromatic N) is 3. The van der Waals surface area contributed by atoms with Crippen LogP contribution in [0.4, 0.5) is 8.78 Å². The van der Waals surface area contributed by atoms with Gasteiger partial charge in [-0.2, -0.15) is 10.2 Å². The van der Waals surface area contributed by atoms with E-state index in [2.05, 4.69) is 15.2 Å². The van der Waals surface area contributed by atoms with E-state index in [9.17, 15) is 8.78 Å². The van der Waals surface area contributed by atoms with E-state index in [0.29, 0.717) is 16.6 Å². The summed E-state index contributed by atoms with van der Waals surface area (Å²) in [7, 11) is 0. The van der Waals surface area contributed by atoms with E-state index in [1.807, 2.05) is 0 Å². The highest BCUT2D eigenvalue weighted by Crippen LogP contribution is 2.29. The van der Waals surface area contributed by atoms with Crippen LogP contribution < -0.4 is 0 Å².